The van der Waals surface area contributed by atoms with Gasteiger partial charge in [0.2, 0.25) is 0 Å². The van der Waals surface area contributed by atoms with Crippen LogP contribution in [0.4, 0.5) is 14.5 Å². The first-order valence-electron chi connectivity index (χ1n) is 9.05. The van der Waals surface area contributed by atoms with Gasteiger partial charge in [0.25, 0.3) is 0 Å². The third-order valence-corrected chi connectivity index (χ3v) is 5.12. The van der Waals surface area contributed by atoms with Gasteiger partial charge in [-0.2, -0.15) is 5.10 Å². The van der Waals surface area contributed by atoms with Gasteiger partial charge in [0, 0.05) is 64.1 Å². The summed E-state index contributed by atoms with van der Waals surface area (Å²) < 4.78 is 29.3. The maximum Gasteiger partial charge on any atom is 0.194 e. The van der Waals surface area contributed by atoms with Crippen molar-refractivity contribution in [2.24, 2.45) is 12.0 Å². The number of aliphatic imine (C=N–C) groups is 1. The molecule has 1 N–H and O–H groups in total. The molecular weight excluding hydrogens is 477 g/mol. The second-order valence-electron chi connectivity index (χ2n) is 6.74. The molecule has 2 aromatic rings. The van der Waals surface area contributed by atoms with Crippen LogP contribution in [0.15, 0.2) is 23.2 Å². The minimum absolute atomic E-state index is 0. The lowest BCUT2D eigenvalue weighted by Crippen LogP contribution is -2.52. The van der Waals surface area contributed by atoms with Crippen LogP contribution in [0.1, 0.15) is 17.0 Å². The van der Waals surface area contributed by atoms with E-state index in [9.17, 15) is 8.78 Å². The van der Waals surface area contributed by atoms with E-state index in [0.29, 0.717) is 38.4 Å². The number of aryl methyl sites for hydroxylation is 2. The highest BCUT2D eigenvalue weighted by Crippen LogP contribution is 2.22. The average molecular weight is 504 g/mol. The Labute approximate surface area is 181 Å². The number of nitrogens with one attached hydrogen (secondary N) is 1. The van der Waals surface area contributed by atoms with E-state index >= 15 is 0 Å². The van der Waals surface area contributed by atoms with E-state index in [2.05, 4.69) is 20.3 Å². The fraction of sp³-hybridized carbons (Fsp3) is 0.474. The van der Waals surface area contributed by atoms with Crippen molar-refractivity contribution in [3.8, 4) is 0 Å². The summed E-state index contributed by atoms with van der Waals surface area (Å²) in [6.07, 6.45) is 0. The number of benzene rings is 1. The van der Waals surface area contributed by atoms with Gasteiger partial charge in [-0.25, -0.2) is 8.78 Å². The first kappa shape index (κ1) is 22.4. The molecule has 0 bridgehead atoms. The second kappa shape index (κ2) is 9.53. The number of hydrogen-bond acceptors (Lipinski definition) is 3. The Morgan fingerprint density at radius 2 is 1.86 bits per heavy atom. The highest BCUT2D eigenvalue weighted by Gasteiger charge is 2.22. The van der Waals surface area contributed by atoms with Crippen molar-refractivity contribution in [2.45, 2.75) is 20.4 Å². The standard InChI is InChI=1S/C19H26F2N6.HI/c1-13-16(14(2)25(4)24-13)12-23-19(22-3)27-9-7-26(8-10-27)18-11-15(20)5-6-17(18)21;/h5-6,11H,7-10,12H2,1-4H3,(H,22,23);1H. The molecule has 6 nitrogen and oxygen atoms in total. The van der Waals surface area contributed by atoms with Crippen LogP contribution in [0.5, 0.6) is 0 Å². The van der Waals surface area contributed by atoms with Gasteiger partial charge in [-0.1, -0.05) is 0 Å². The molecule has 28 heavy (non-hydrogen) atoms. The van der Waals surface area contributed by atoms with Crippen LogP contribution < -0.4 is 10.2 Å². The van der Waals surface area contributed by atoms with Crippen LogP contribution in [0.3, 0.4) is 0 Å². The van der Waals surface area contributed by atoms with Crippen LogP contribution in [-0.4, -0.2) is 53.9 Å². The summed E-state index contributed by atoms with van der Waals surface area (Å²) in [5, 5.41) is 7.83. The van der Waals surface area contributed by atoms with E-state index in [1.54, 1.807) is 7.05 Å². The molecule has 0 saturated carbocycles. The lowest BCUT2D eigenvalue weighted by atomic mass is 10.2. The van der Waals surface area contributed by atoms with E-state index in [-0.39, 0.29) is 24.0 Å². The molecule has 0 radical (unpaired) electrons. The summed E-state index contributed by atoms with van der Waals surface area (Å²) >= 11 is 0. The third kappa shape index (κ3) is 4.73. The first-order valence-corrected chi connectivity index (χ1v) is 9.05. The summed E-state index contributed by atoms with van der Waals surface area (Å²) in [7, 11) is 3.69. The van der Waals surface area contributed by atoms with Crippen molar-refractivity contribution in [1.29, 1.82) is 0 Å². The molecule has 1 fully saturated rings. The van der Waals surface area contributed by atoms with Gasteiger partial charge < -0.3 is 15.1 Å². The molecular formula is C19H27F2IN6. The zero-order valence-corrected chi connectivity index (χ0v) is 19.0. The number of rotatable bonds is 3. The molecule has 0 spiro atoms. The smallest absolute Gasteiger partial charge is 0.194 e. The molecule has 1 aromatic heterocycles. The Hall–Kier alpha value is -1.91. The Bertz CT molecular complexity index is 843. The summed E-state index contributed by atoms with van der Waals surface area (Å²) in [5.41, 5.74) is 3.62. The first-order chi connectivity index (χ1) is 12.9. The minimum Gasteiger partial charge on any atom is -0.366 e. The normalized spacial score (nSPS) is 14.9. The second-order valence-corrected chi connectivity index (χ2v) is 6.74. The molecule has 154 valence electrons. The average Bonchev–Trinajstić information content (AvgIpc) is 2.90. The SMILES string of the molecule is CN=C(NCc1c(C)nn(C)c1C)N1CCN(c2cc(F)ccc2F)CC1.I. The predicted molar refractivity (Wildman–Crippen MR) is 118 cm³/mol. The van der Waals surface area contributed by atoms with Crippen molar-refractivity contribution in [2.75, 3.05) is 38.1 Å². The lowest BCUT2D eigenvalue weighted by Gasteiger charge is -2.37. The Morgan fingerprint density at radius 3 is 2.43 bits per heavy atom. The zero-order valence-electron chi connectivity index (χ0n) is 16.7. The highest BCUT2D eigenvalue weighted by molar-refractivity contribution is 14.0. The third-order valence-electron chi connectivity index (χ3n) is 5.12. The quantitative estimate of drug-likeness (QED) is 0.397. The van der Waals surface area contributed by atoms with Crippen molar-refractivity contribution in [1.82, 2.24) is 20.0 Å². The monoisotopic (exact) mass is 504 g/mol. The maximum absolute atomic E-state index is 14.0. The van der Waals surface area contributed by atoms with Gasteiger partial charge in [-0.05, 0) is 26.0 Å². The van der Waals surface area contributed by atoms with Crippen LogP contribution in [0.2, 0.25) is 0 Å². The van der Waals surface area contributed by atoms with Gasteiger partial charge in [0.1, 0.15) is 11.6 Å². The summed E-state index contributed by atoms with van der Waals surface area (Å²) in [4.78, 5) is 8.38. The van der Waals surface area contributed by atoms with Crippen LogP contribution in [0, 0.1) is 25.5 Å². The number of guanidine groups is 1. The van der Waals surface area contributed by atoms with Crippen molar-refractivity contribution >= 4 is 35.6 Å². The van der Waals surface area contributed by atoms with Crippen molar-refractivity contribution in [3.63, 3.8) is 0 Å². The molecule has 1 aromatic carbocycles. The molecule has 2 heterocycles. The molecule has 1 saturated heterocycles. The Balaban J connectivity index is 0.00000280. The predicted octanol–water partition coefficient (Wildman–Crippen LogP) is 2.83. The van der Waals surface area contributed by atoms with E-state index in [4.69, 9.17) is 0 Å². The van der Waals surface area contributed by atoms with Crippen LogP contribution >= 0.6 is 24.0 Å². The molecule has 1 aliphatic heterocycles. The zero-order chi connectivity index (χ0) is 19.6. The number of anilines is 1. The molecule has 0 amide bonds. The summed E-state index contributed by atoms with van der Waals surface area (Å²) in [5.74, 6) is -0.0135. The van der Waals surface area contributed by atoms with Crippen LogP contribution in [0.25, 0.3) is 0 Å². The fourth-order valence-electron chi connectivity index (χ4n) is 3.46. The van der Waals surface area contributed by atoms with E-state index < -0.39 is 11.6 Å². The molecule has 9 heteroatoms. The lowest BCUT2D eigenvalue weighted by molar-refractivity contribution is 0.370. The molecule has 0 aliphatic carbocycles. The van der Waals surface area contributed by atoms with E-state index in [1.165, 1.54) is 17.7 Å². The minimum atomic E-state index is -0.423. The number of piperazine rings is 1. The Morgan fingerprint density at radius 1 is 1.18 bits per heavy atom. The van der Waals surface area contributed by atoms with Crippen LogP contribution in [-0.2, 0) is 13.6 Å². The number of hydrogen-bond donors (Lipinski definition) is 1. The number of nitrogens with zero attached hydrogens (tertiary/aromatic N) is 5. The maximum atomic E-state index is 14.0. The largest absolute Gasteiger partial charge is 0.366 e. The summed E-state index contributed by atoms with van der Waals surface area (Å²) in [6, 6.07) is 3.57. The molecule has 0 atom stereocenters. The molecule has 0 unspecified atom stereocenters. The van der Waals surface area contributed by atoms with E-state index in [0.717, 1.165) is 23.4 Å². The fourth-order valence-corrected chi connectivity index (χ4v) is 3.46. The van der Waals surface area contributed by atoms with E-state index in [1.807, 2.05) is 30.5 Å². The highest BCUT2D eigenvalue weighted by atomic mass is 127. The van der Waals surface area contributed by atoms with Gasteiger partial charge in [0.05, 0.1) is 11.4 Å². The summed E-state index contributed by atoms with van der Waals surface area (Å²) in [6.45, 7) is 7.27. The topological polar surface area (TPSA) is 48.7 Å². The van der Waals surface area contributed by atoms with Gasteiger partial charge in [0.15, 0.2) is 5.96 Å². The number of aromatic nitrogens is 2. The number of halogens is 3. The van der Waals surface area contributed by atoms with Gasteiger partial charge in [-0.3, -0.25) is 9.67 Å². The Kier molecular flexibility index (Phi) is 7.62. The molecule has 1 aliphatic rings. The van der Waals surface area contributed by atoms with Crippen molar-refractivity contribution in [3.05, 3.63) is 46.8 Å². The van der Waals surface area contributed by atoms with Gasteiger partial charge >= 0.3 is 0 Å². The van der Waals surface area contributed by atoms with Crippen molar-refractivity contribution < 1.29 is 8.78 Å². The van der Waals surface area contributed by atoms with Gasteiger partial charge in [-0.15, -0.1) is 24.0 Å². The molecule has 3 rings (SSSR count).